The van der Waals surface area contributed by atoms with Gasteiger partial charge in [-0.25, -0.2) is 0 Å². The van der Waals surface area contributed by atoms with Gasteiger partial charge in [0.2, 0.25) is 0 Å². The van der Waals surface area contributed by atoms with Crippen LogP contribution in [0.5, 0.6) is 5.75 Å². The fraction of sp³-hybridized carbons (Fsp3) is 0.647. The third-order valence-electron chi connectivity index (χ3n) is 3.27. The second-order valence-electron chi connectivity index (χ2n) is 6.07. The molecule has 1 N–H and O–H groups in total. The van der Waals surface area contributed by atoms with Gasteiger partial charge in [0, 0.05) is 19.3 Å². The maximum atomic E-state index is 10.7. The highest BCUT2D eigenvalue weighted by Crippen LogP contribution is 2.36. The Hall–Kier alpha value is -1.10. The Morgan fingerprint density at radius 3 is 2.38 bits per heavy atom. The highest BCUT2D eigenvalue weighted by atomic mass is 16.5. The SMILES string of the molecule is CCOC(C(O)c1ccccc1OCCOC)C(C)(C)C. The molecule has 0 radical (unpaired) electrons. The van der Waals surface area contributed by atoms with Crippen molar-refractivity contribution in [1.82, 2.24) is 0 Å². The largest absolute Gasteiger partial charge is 0.491 e. The number of aliphatic hydroxyl groups excluding tert-OH is 1. The number of rotatable bonds is 8. The molecule has 4 heteroatoms. The van der Waals surface area contributed by atoms with Crippen molar-refractivity contribution in [2.45, 2.75) is 39.9 Å². The van der Waals surface area contributed by atoms with Crippen LogP contribution in [-0.2, 0) is 9.47 Å². The Balaban J connectivity index is 2.96. The Morgan fingerprint density at radius 1 is 1.14 bits per heavy atom. The van der Waals surface area contributed by atoms with Gasteiger partial charge < -0.3 is 19.3 Å². The third kappa shape index (κ3) is 5.30. The van der Waals surface area contributed by atoms with E-state index in [0.29, 0.717) is 25.6 Å². The van der Waals surface area contributed by atoms with Gasteiger partial charge in [-0.2, -0.15) is 0 Å². The summed E-state index contributed by atoms with van der Waals surface area (Å²) in [6.45, 7) is 9.65. The minimum atomic E-state index is -0.733. The number of benzene rings is 1. The highest BCUT2D eigenvalue weighted by molar-refractivity contribution is 5.36. The molecule has 0 fully saturated rings. The summed E-state index contributed by atoms with van der Waals surface area (Å²) in [4.78, 5) is 0. The molecule has 0 saturated carbocycles. The van der Waals surface area contributed by atoms with Gasteiger partial charge in [-0.05, 0) is 18.4 Å². The number of hydrogen-bond donors (Lipinski definition) is 1. The molecule has 0 aromatic heterocycles. The standard InChI is InChI=1S/C17H28O4/c1-6-20-16(17(2,3)4)15(18)13-9-7-8-10-14(13)21-12-11-19-5/h7-10,15-16,18H,6,11-12H2,1-5H3. The van der Waals surface area contributed by atoms with E-state index in [0.717, 1.165) is 5.56 Å². The van der Waals surface area contributed by atoms with Crippen molar-refractivity contribution in [3.63, 3.8) is 0 Å². The first-order valence-corrected chi connectivity index (χ1v) is 7.42. The molecule has 21 heavy (non-hydrogen) atoms. The monoisotopic (exact) mass is 296 g/mol. The van der Waals surface area contributed by atoms with Crippen molar-refractivity contribution in [1.29, 1.82) is 0 Å². The zero-order valence-corrected chi connectivity index (χ0v) is 13.8. The molecule has 1 aromatic carbocycles. The number of ether oxygens (including phenoxy) is 3. The van der Waals surface area contributed by atoms with E-state index < -0.39 is 6.10 Å². The summed E-state index contributed by atoms with van der Waals surface area (Å²) in [5.74, 6) is 0.677. The van der Waals surface area contributed by atoms with Gasteiger partial charge in [0.15, 0.2) is 0 Å². The lowest BCUT2D eigenvalue weighted by molar-refractivity contribution is -0.0905. The first-order chi connectivity index (χ1) is 9.91. The first kappa shape index (κ1) is 18.0. The van der Waals surface area contributed by atoms with Gasteiger partial charge >= 0.3 is 0 Å². The van der Waals surface area contributed by atoms with Crippen molar-refractivity contribution < 1.29 is 19.3 Å². The van der Waals surface area contributed by atoms with Crippen LogP contribution in [0.15, 0.2) is 24.3 Å². The van der Waals surface area contributed by atoms with Gasteiger partial charge in [-0.15, -0.1) is 0 Å². The molecule has 1 aromatic rings. The number of methoxy groups -OCH3 is 1. The normalized spacial score (nSPS) is 14.8. The molecule has 0 amide bonds. The average molecular weight is 296 g/mol. The molecular formula is C17H28O4. The Morgan fingerprint density at radius 2 is 1.81 bits per heavy atom. The number of hydrogen-bond acceptors (Lipinski definition) is 4. The highest BCUT2D eigenvalue weighted by Gasteiger charge is 2.34. The lowest BCUT2D eigenvalue weighted by atomic mass is 9.83. The quantitative estimate of drug-likeness (QED) is 0.748. The van der Waals surface area contributed by atoms with Gasteiger partial charge in [-0.1, -0.05) is 39.0 Å². The lowest BCUT2D eigenvalue weighted by Crippen LogP contribution is -2.35. The van der Waals surface area contributed by atoms with Crippen LogP contribution in [0.25, 0.3) is 0 Å². The molecule has 2 unspecified atom stereocenters. The average Bonchev–Trinajstić information content (AvgIpc) is 2.43. The van der Waals surface area contributed by atoms with E-state index in [1.54, 1.807) is 7.11 Å². The topological polar surface area (TPSA) is 47.9 Å². The number of para-hydroxylation sites is 1. The molecule has 0 heterocycles. The number of aliphatic hydroxyl groups is 1. The Kier molecular flexibility index (Phi) is 7.15. The molecule has 0 aliphatic rings. The van der Waals surface area contributed by atoms with E-state index >= 15 is 0 Å². The second kappa shape index (κ2) is 8.37. The molecular weight excluding hydrogens is 268 g/mol. The van der Waals surface area contributed by atoms with E-state index in [-0.39, 0.29) is 11.5 Å². The molecule has 1 rings (SSSR count). The molecule has 120 valence electrons. The van der Waals surface area contributed by atoms with Crippen molar-refractivity contribution >= 4 is 0 Å². The summed E-state index contributed by atoms with van der Waals surface area (Å²) in [7, 11) is 1.63. The molecule has 0 spiro atoms. The minimum Gasteiger partial charge on any atom is -0.491 e. The Bertz CT molecular complexity index is 411. The zero-order valence-electron chi connectivity index (χ0n) is 13.8. The van der Waals surface area contributed by atoms with Crippen LogP contribution in [0, 0.1) is 5.41 Å². The Labute approximate surface area is 128 Å². The van der Waals surface area contributed by atoms with Gasteiger partial charge in [0.1, 0.15) is 18.5 Å². The zero-order chi connectivity index (χ0) is 15.9. The summed E-state index contributed by atoms with van der Waals surface area (Å²) in [6.07, 6.45) is -1.03. The van der Waals surface area contributed by atoms with Crippen LogP contribution >= 0.6 is 0 Å². The molecule has 0 aliphatic carbocycles. The van der Waals surface area contributed by atoms with Crippen molar-refractivity contribution in [3.05, 3.63) is 29.8 Å². The van der Waals surface area contributed by atoms with E-state index in [4.69, 9.17) is 14.2 Å². The third-order valence-corrected chi connectivity index (χ3v) is 3.27. The summed E-state index contributed by atoms with van der Waals surface area (Å²) in [5, 5.41) is 10.7. The van der Waals surface area contributed by atoms with Crippen molar-refractivity contribution in [2.75, 3.05) is 26.9 Å². The lowest BCUT2D eigenvalue weighted by Gasteiger charge is -2.34. The fourth-order valence-electron chi connectivity index (χ4n) is 2.25. The molecule has 2 atom stereocenters. The molecule has 4 nitrogen and oxygen atoms in total. The van der Waals surface area contributed by atoms with E-state index in [2.05, 4.69) is 20.8 Å². The maximum Gasteiger partial charge on any atom is 0.125 e. The minimum absolute atomic E-state index is 0.172. The summed E-state index contributed by atoms with van der Waals surface area (Å²) >= 11 is 0. The van der Waals surface area contributed by atoms with Crippen molar-refractivity contribution in [3.8, 4) is 5.75 Å². The second-order valence-corrected chi connectivity index (χ2v) is 6.07. The van der Waals surface area contributed by atoms with Crippen LogP contribution in [-0.4, -0.2) is 38.1 Å². The van der Waals surface area contributed by atoms with E-state index in [1.165, 1.54) is 0 Å². The van der Waals surface area contributed by atoms with Crippen molar-refractivity contribution in [2.24, 2.45) is 5.41 Å². The van der Waals surface area contributed by atoms with Crippen LogP contribution in [0.2, 0.25) is 0 Å². The molecule has 0 aliphatic heterocycles. The smallest absolute Gasteiger partial charge is 0.125 e. The first-order valence-electron chi connectivity index (χ1n) is 7.42. The predicted molar refractivity (Wildman–Crippen MR) is 83.6 cm³/mol. The van der Waals surface area contributed by atoms with E-state index in [9.17, 15) is 5.11 Å². The summed E-state index contributed by atoms with van der Waals surface area (Å²) in [6, 6.07) is 7.53. The van der Waals surface area contributed by atoms with Crippen LogP contribution < -0.4 is 4.74 Å². The fourth-order valence-corrected chi connectivity index (χ4v) is 2.25. The van der Waals surface area contributed by atoms with Crippen LogP contribution in [0.4, 0.5) is 0 Å². The summed E-state index contributed by atoms with van der Waals surface area (Å²) in [5.41, 5.74) is 0.580. The maximum absolute atomic E-state index is 10.7. The van der Waals surface area contributed by atoms with Crippen LogP contribution in [0.3, 0.4) is 0 Å². The predicted octanol–water partition coefficient (Wildman–Crippen LogP) is 3.20. The molecule has 0 bridgehead atoms. The van der Waals surface area contributed by atoms with Gasteiger partial charge in [-0.3, -0.25) is 0 Å². The summed E-state index contributed by atoms with van der Waals surface area (Å²) < 4.78 is 16.5. The van der Waals surface area contributed by atoms with Crippen LogP contribution in [0.1, 0.15) is 39.4 Å². The van der Waals surface area contributed by atoms with Gasteiger partial charge in [0.05, 0.1) is 12.7 Å². The van der Waals surface area contributed by atoms with E-state index in [1.807, 2.05) is 31.2 Å². The molecule has 0 saturated heterocycles. The van der Waals surface area contributed by atoms with Gasteiger partial charge in [0.25, 0.3) is 0 Å².